The normalized spacial score (nSPS) is 21.5. The van der Waals surface area contributed by atoms with Crippen molar-refractivity contribution < 1.29 is 9.21 Å². The molecule has 1 unspecified atom stereocenters. The molecule has 0 bridgehead atoms. The maximum Gasteiger partial charge on any atom is 0.239 e. The molecule has 0 spiro atoms. The maximum absolute atomic E-state index is 13.4. The van der Waals surface area contributed by atoms with Crippen LogP contribution in [0.5, 0.6) is 0 Å². The fourth-order valence-corrected chi connectivity index (χ4v) is 5.34. The van der Waals surface area contributed by atoms with Crippen LogP contribution in [-0.2, 0) is 10.3 Å². The molecular weight excluding hydrogens is 408 g/mol. The second kappa shape index (κ2) is 7.06. The van der Waals surface area contributed by atoms with Crippen LogP contribution >= 0.6 is 11.3 Å². The molecule has 1 aromatic carbocycles. The minimum Gasteiger partial charge on any atom is -0.464 e. The standard InChI is InChI=1S/C24H22N4O2S/c1-14-8-17(12-26-11-14)18-10-20(31-13-18)24(2)21(22(29)28(3)23(25)27-24)16-4-5-19-15(9-16)6-7-30-19/h4-13,21H,1-3H3,(H2,25,27)/t21?,24-/m1/s1. The number of nitrogens with one attached hydrogen (secondary N) is 2. The number of amides is 1. The summed E-state index contributed by atoms with van der Waals surface area (Å²) in [5.74, 6) is -0.505. The Morgan fingerprint density at radius 2 is 2.03 bits per heavy atom. The highest BCUT2D eigenvalue weighted by Crippen LogP contribution is 2.44. The monoisotopic (exact) mass is 430 g/mol. The number of rotatable bonds is 3. The van der Waals surface area contributed by atoms with E-state index < -0.39 is 11.5 Å². The van der Waals surface area contributed by atoms with Gasteiger partial charge in [0, 0.05) is 35.3 Å². The molecule has 1 aliphatic heterocycles. The number of aryl methyl sites for hydroxylation is 1. The Bertz CT molecular complexity index is 1320. The van der Waals surface area contributed by atoms with Crippen LogP contribution in [0.25, 0.3) is 22.1 Å². The first-order chi connectivity index (χ1) is 14.9. The highest BCUT2D eigenvalue weighted by atomic mass is 32.1. The molecule has 2 N–H and O–H groups in total. The summed E-state index contributed by atoms with van der Waals surface area (Å²) in [5.41, 5.74) is 4.10. The Morgan fingerprint density at radius 1 is 1.19 bits per heavy atom. The summed E-state index contributed by atoms with van der Waals surface area (Å²) in [6, 6.07) is 11.9. The molecule has 0 aliphatic carbocycles. The summed E-state index contributed by atoms with van der Waals surface area (Å²) in [6.07, 6.45) is 5.33. The van der Waals surface area contributed by atoms with Gasteiger partial charge in [-0.2, -0.15) is 0 Å². The molecule has 0 radical (unpaired) electrons. The fraction of sp³-hybridized carbons (Fsp3) is 0.208. The Kier molecular flexibility index (Phi) is 4.44. The van der Waals surface area contributed by atoms with E-state index in [2.05, 4.69) is 27.8 Å². The molecule has 6 nitrogen and oxygen atoms in total. The molecule has 4 heterocycles. The minimum atomic E-state index is -0.766. The summed E-state index contributed by atoms with van der Waals surface area (Å²) in [7, 11) is 1.64. The lowest BCUT2D eigenvalue weighted by Gasteiger charge is -2.45. The third-order valence-corrected chi connectivity index (χ3v) is 7.17. The van der Waals surface area contributed by atoms with E-state index in [1.165, 1.54) is 4.90 Å². The van der Waals surface area contributed by atoms with Crippen molar-refractivity contribution in [3.8, 4) is 11.1 Å². The molecule has 31 heavy (non-hydrogen) atoms. The van der Waals surface area contributed by atoms with Crippen LogP contribution in [0.4, 0.5) is 0 Å². The van der Waals surface area contributed by atoms with Crippen LogP contribution in [0.2, 0.25) is 0 Å². The quantitative estimate of drug-likeness (QED) is 0.486. The van der Waals surface area contributed by atoms with E-state index in [0.29, 0.717) is 0 Å². The zero-order valence-corrected chi connectivity index (χ0v) is 18.3. The smallest absolute Gasteiger partial charge is 0.239 e. The molecule has 1 saturated heterocycles. The Hall–Kier alpha value is -3.45. The lowest BCUT2D eigenvalue weighted by Crippen LogP contribution is -2.62. The number of hydrogen-bond acceptors (Lipinski definition) is 5. The number of hydrogen-bond donors (Lipinski definition) is 2. The predicted octanol–water partition coefficient (Wildman–Crippen LogP) is 4.86. The topological polar surface area (TPSA) is 82.2 Å². The van der Waals surface area contributed by atoms with Crippen LogP contribution in [0.3, 0.4) is 0 Å². The number of likely N-dealkylation sites (N-methyl/N-ethyl adjacent to an activating group) is 1. The zero-order valence-electron chi connectivity index (χ0n) is 17.5. The van der Waals surface area contributed by atoms with Crippen molar-refractivity contribution in [2.24, 2.45) is 0 Å². The van der Waals surface area contributed by atoms with Gasteiger partial charge in [-0.05, 0) is 66.2 Å². The summed E-state index contributed by atoms with van der Waals surface area (Å²) < 4.78 is 5.47. The van der Waals surface area contributed by atoms with E-state index in [1.54, 1.807) is 24.6 Å². The van der Waals surface area contributed by atoms with Gasteiger partial charge >= 0.3 is 0 Å². The van der Waals surface area contributed by atoms with Crippen molar-refractivity contribution in [2.45, 2.75) is 25.3 Å². The van der Waals surface area contributed by atoms with Gasteiger partial charge in [0.25, 0.3) is 0 Å². The minimum absolute atomic E-state index is 0.0975. The van der Waals surface area contributed by atoms with E-state index >= 15 is 0 Å². The molecule has 1 aliphatic rings. The lowest BCUT2D eigenvalue weighted by molar-refractivity contribution is -0.131. The van der Waals surface area contributed by atoms with E-state index in [4.69, 9.17) is 9.83 Å². The molecule has 156 valence electrons. The Labute approximate surface area is 184 Å². The average Bonchev–Trinajstić information content (AvgIpc) is 3.42. The number of aromatic nitrogens is 1. The van der Waals surface area contributed by atoms with Gasteiger partial charge in [-0.25, -0.2) is 0 Å². The van der Waals surface area contributed by atoms with Crippen molar-refractivity contribution in [3.63, 3.8) is 0 Å². The first-order valence-corrected chi connectivity index (χ1v) is 10.9. The van der Waals surface area contributed by atoms with Gasteiger partial charge < -0.3 is 9.73 Å². The summed E-state index contributed by atoms with van der Waals surface area (Å²) in [6.45, 7) is 4.02. The third kappa shape index (κ3) is 3.13. The highest BCUT2D eigenvalue weighted by molar-refractivity contribution is 7.10. The number of pyridine rings is 1. The summed E-state index contributed by atoms with van der Waals surface area (Å²) in [5, 5.41) is 14.7. The number of carbonyl (C=O) groups excluding carboxylic acids is 1. The highest BCUT2D eigenvalue weighted by Gasteiger charge is 2.49. The van der Waals surface area contributed by atoms with Gasteiger partial charge in [-0.3, -0.25) is 20.1 Å². The van der Waals surface area contributed by atoms with Crippen molar-refractivity contribution in [3.05, 3.63) is 76.4 Å². The molecule has 0 saturated carbocycles. The summed E-state index contributed by atoms with van der Waals surface area (Å²) >= 11 is 1.59. The molecule has 7 heteroatoms. The van der Waals surface area contributed by atoms with E-state index in [-0.39, 0.29) is 11.9 Å². The summed E-state index contributed by atoms with van der Waals surface area (Å²) in [4.78, 5) is 20.1. The Morgan fingerprint density at radius 3 is 2.84 bits per heavy atom. The van der Waals surface area contributed by atoms with E-state index in [0.717, 1.165) is 38.1 Å². The molecule has 5 rings (SSSR count). The van der Waals surface area contributed by atoms with Gasteiger partial charge in [0.1, 0.15) is 5.58 Å². The lowest BCUT2D eigenvalue weighted by atomic mass is 9.76. The van der Waals surface area contributed by atoms with Crippen molar-refractivity contribution in [2.75, 3.05) is 7.05 Å². The van der Waals surface area contributed by atoms with Crippen LogP contribution in [-0.4, -0.2) is 28.8 Å². The molecule has 1 fully saturated rings. The largest absolute Gasteiger partial charge is 0.464 e. The van der Waals surface area contributed by atoms with Crippen LogP contribution < -0.4 is 5.32 Å². The van der Waals surface area contributed by atoms with Crippen LogP contribution in [0.15, 0.2) is 64.9 Å². The van der Waals surface area contributed by atoms with Gasteiger partial charge in [-0.15, -0.1) is 11.3 Å². The first-order valence-electron chi connectivity index (χ1n) is 9.99. The number of guanidine groups is 1. The fourth-order valence-electron chi connectivity index (χ4n) is 4.27. The maximum atomic E-state index is 13.4. The number of furan rings is 1. The average molecular weight is 431 g/mol. The van der Waals surface area contributed by atoms with Gasteiger partial charge in [-0.1, -0.05) is 6.07 Å². The van der Waals surface area contributed by atoms with Crippen LogP contribution in [0.1, 0.15) is 28.8 Å². The second-order valence-electron chi connectivity index (χ2n) is 8.17. The van der Waals surface area contributed by atoms with Crippen molar-refractivity contribution in [1.29, 1.82) is 5.41 Å². The number of fused-ring (bicyclic) bond motifs is 1. The van der Waals surface area contributed by atoms with Gasteiger partial charge in [0.15, 0.2) is 5.96 Å². The molecule has 4 aromatic rings. The van der Waals surface area contributed by atoms with Crippen LogP contribution in [0, 0.1) is 12.3 Å². The third-order valence-electron chi connectivity index (χ3n) is 6.00. The number of benzene rings is 1. The zero-order chi connectivity index (χ0) is 21.8. The van der Waals surface area contributed by atoms with E-state index in [9.17, 15) is 4.79 Å². The molecular formula is C24H22N4O2S. The van der Waals surface area contributed by atoms with Crippen molar-refractivity contribution in [1.82, 2.24) is 15.2 Å². The van der Waals surface area contributed by atoms with Gasteiger partial charge in [0.2, 0.25) is 5.91 Å². The Balaban J connectivity index is 1.63. The molecule has 2 atom stereocenters. The number of thiophene rings is 1. The van der Waals surface area contributed by atoms with E-state index in [1.807, 2.05) is 50.5 Å². The number of carbonyl (C=O) groups is 1. The van der Waals surface area contributed by atoms with Crippen molar-refractivity contribution >= 4 is 34.2 Å². The molecule has 1 amide bonds. The van der Waals surface area contributed by atoms with Gasteiger partial charge in [0.05, 0.1) is 17.7 Å². The predicted molar refractivity (Wildman–Crippen MR) is 122 cm³/mol. The number of nitrogens with zero attached hydrogens (tertiary/aromatic N) is 2. The SMILES string of the molecule is Cc1cncc(-c2csc([C@@]3(C)NC(=N)N(C)C(=O)C3c3ccc4occc4c3)c2)c1. The molecule has 3 aromatic heterocycles. The second-order valence-corrected chi connectivity index (χ2v) is 9.09. The first kappa shape index (κ1) is 19.5.